The number of carbonyl (C=O) groups excluding carboxylic acids is 4. The molecule has 13 heteroatoms. The molecule has 0 bridgehead atoms. The fraction of sp³-hybridized carbons (Fsp3) is 0.524. The zero-order valence-corrected chi connectivity index (χ0v) is 20.0. The first kappa shape index (κ1) is 27.1. The number of methoxy groups -OCH3 is 1. The molecule has 12 nitrogen and oxygen atoms in total. The van der Waals surface area contributed by atoms with Crippen molar-refractivity contribution >= 4 is 33.7 Å². The van der Waals surface area contributed by atoms with Crippen molar-refractivity contribution in [3.8, 4) is 5.75 Å². The topological polar surface area (TPSA) is 158 Å². The number of hydrogen-bond acceptors (Lipinski definition) is 12. The van der Waals surface area contributed by atoms with Gasteiger partial charge in [0.1, 0.15) is 18.5 Å². The summed E-state index contributed by atoms with van der Waals surface area (Å²) in [5.74, 6) is -2.92. The van der Waals surface area contributed by atoms with E-state index in [2.05, 4.69) is 0 Å². The van der Waals surface area contributed by atoms with Gasteiger partial charge in [0.2, 0.25) is 15.3 Å². The molecule has 0 aromatic heterocycles. The summed E-state index contributed by atoms with van der Waals surface area (Å²) in [5, 5.41) is 0. The predicted octanol–water partition coefficient (Wildman–Crippen LogP) is 0.552. The lowest BCUT2D eigenvalue weighted by atomic mass is 9.99. The molecule has 5 atom stereocenters. The number of rotatable bonds is 8. The predicted molar refractivity (Wildman–Crippen MR) is 112 cm³/mol. The van der Waals surface area contributed by atoms with Crippen LogP contribution in [-0.2, 0) is 52.7 Å². The second kappa shape index (κ2) is 11.3. The van der Waals surface area contributed by atoms with Crippen LogP contribution in [0.1, 0.15) is 27.7 Å². The molecule has 0 unspecified atom stereocenters. The van der Waals surface area contributed by atoms with Crippen molar-refractivity contribution in [1.29, 1.82) is 0 Å². The van der Waals surface area contributed by atoms with Gasteiger partial charge >= 0.3 is 23.9 Å². The highest BCUT2D eigenvalue weighted by molar-refractivity contribution is 7.92. The van der Waals surface area contributed by atoms with E-state index < -0.39 is 70.2 Å². The Morgan fingerprint density at radius 1 is 0.794 bits per heavy atom. The summed E-state index contributed by atoms with van der Waals surface area (Å²) in [6.07, 6.45) is -6.13. The minimum atomic E-state index is -4.40. The average Bonchev–Trinajstić information content (AvgIpc) is 2.74. The summed E-state index contributed by atoms with van der Waals surface area (Å²) in [5.41, 5.74) is -1.90. The molecule has 34 heavy (non-hydrogen) atoms. The van der Waals surface area contributed by atoms with Crippen molar-refractivity contribution in [2.24, 2.45) is 0 Å². The van der Waals surface area contributed by atoms with Crippen LogP contribution in [0.25, 0.3) is 0 Å². The van der Waals surface area contributed by atoms with Crippen LogP contribution in [0.2, 0.25) is 0 Å². The van der Waals surface area contributed by atoms with E-state index in [1.807, 2.05) is 0 Å². The molecule has 1 aliphatic rings. The monoisotopic (exact) mass is 502 g/mol. The van der Waals surface area contributed by atoms with Gasteiger partial charge in [0.15, 0.2) is 18.3 Å². The van der Waals surface area contributed by atoms with Crippen molar-refractivity contribution in [3.63, 3.8) is 0 Å². The van der Waals surface area contributed by atoms with Gasteiger partial charge in [0.25, 0.3) is 0 Å². The number of benzene rings is 1. The summed E-state index contributed by atoms with van der Waals surface area (Å²) in [7, 11) is -3.00. The summed E-state index contributed by atoms with van der Waals surface area (Å²) in [4.78, 5) is 46.6. The Morgan fingerprint density at radius 2 is 1.29 bits per heavy atom. The number of hydrogen-bond donors (Lipinski definition) is 0. The normalized spacial score (nSPS) is 24.4. The van der Waals surface area contributed by atoms with Crippen LogP contribution in [0.5, 0.6) is 5.75 Å². The molecule has 1 aliphatic heterocycles. The van der Waals surface area contributed by atoms with E-state index in [-0.39, 0.29) is 4.90 Å². The lowest BCUT2D eigenvalue weighted by Crippen LogP contribution is -2.64. The van der Waals surface area contributed by atoms with Gasteiger partial charge in [-0.05, 0) is 24.3 Å². The molecule has 1 saturated heterocycles. The Balaban J connectivity index is 2.62. The molecule has 0 N–H and O–H groups in total. The molecule has 0 spiro atoms. The Labute approximate surface area is 196 Å². The maximum Gasteiger partial charge on any atom is 0.303 e. The van der Waals surface area contributed by atoms with E-state index in [0.29, 0.717) is 5.75 Å². The van der Waals surface area contributed by atoms with E-state index in [1.165, 1.54) is 31.4 Å². The van der Waals surface area contributed by atoms with Crippen molar-refractivity contribution in [2.75, 3.05) is 13.7 Å². The Bertz CT molecular complexity index is 1020. The molecule has 0 aliphatic carbocycles. The highest BCUT2D eigenvalue weighted by Crippen LogP contribution is 2.34. The number of esters is 4. The Hall–Kier alpha value is -3.19. The van der Waals surface area contributed by atoms with Crippen LogP contribution in [0, 0.1) is 0 Å². The van der Waals surface area contributed by atoms with E-state index in [4.69, 9.17) is 28.4 Å². The maximum atomic E-state index is 13.5. The summed E-state index contributed by atoms with van der Waals surface area (Å²) < 4.78 is 58.4. The van der Waals surface area contributed by atoms with Crippen molar-refractivity contribution in [3.05, 3.63) is 24.3 Å². The first-order chi connectivity index (χ1) is 15.9. The second-order valence-electron chi connectivity index (χ2n) is 7.29. The van der Waals surface area contributed by atoms with E-state index >= 15 is 0 Å². The van der Waals surface area contributed by atoms with Gasteiger partial charge in [0.05, 0.1) is 12.0 Å². The standard InChI is InChI=1S/C21H26O12S/c1-11(22)29-10-17-18(30-12(2)23)19(31-13(3)24)20(32-14(4)25)21(33-17)34(26,27)16-8-6-15(28-5)7-9-16/h6-9,17-21H,10H2,1-5H3/t17-,18+,19+,20-,21+/m1/s1. The van der Waals surface area contributed by atoms with Gasteiger partial charge in [0, 0.05) is 27.7 Å². The Morgan fingerprint density at radius 3 is 1.76 bits per heavy atom. The third-order valence-electron chi connectivity index (χ3n) is 4.64. The first-order valence-electron chi connectivity index (χ1n) is 10.0. The lowest BCUT2D eigenvalue weighted by Gasteiger charge is -2.43. The molecular formula is C21H26O12S. The minimum absolute atomic E-state index is 0.214. The molecule has 0 amide bonds. The number of ether oxygens (including phenoxy) is 6. The molecule has 188 valence electrons. The van der Waals surface area contributed by atoms with Crippen LogP contribution in [0.4, 0.5) is 0 Å². The fourth-order valence-electron chi connectivity index (χ4n) is 3.34. The molecule has 0 radical (unpaired) electrons. The van der Waals surface area contributed by atoms with Crippen LogP contribution in [0.3, 0.4) is 0 Å². The van der Waals surface area contributed by atoms with Crippen molar-refractivity contribution < 1.29 is 56.0 Å². The van der Waals surface area contributed by atoms with E-state index in [9.17, 15) is 27.6 Å². The Kier molecular flexibility index (Phi) is 8.99. The SMILES string of the molecule is COc1ccc(S(=O)(=O)[C@@H]2O[C@H](COC(C)=O)[C@H](OC(C)=O)[C@H](OC(C)=O)[C@H]2OC(C)=O)cc1. The van der Waals surface area contributed by atoms with Crippen LogP contribution in [0.15, 0.2) is 29.2 Å². The highest BCUT2D eigenvalue weighted by atomic mass is 32.2. The average molecular weight is 502 g/mol. The molecule has 0 saturated carbocycles. The fourth-order valence-corrected chi connectivity index (χ4v) is 4.97. The summed E-state index contributed by atoms with van der Waals surface area (Å²) in [6, 6.07) is 5.31. The number of sulfone groups is 1. The third-order valence-corrected chi connectivity index (χ3v) is 6.56. The van der Waals surface area contributed by atoms with Gasteiger partial charge < -0.3 is 28.4 Å². The van der Waals surface area contributed by atoms with Gasteiger partial charge in [-0.2, -0.15) is 0 Å². The molecule has 1 fully saturated rings. The van der Waals surface area contributed by atoms with Crippen molar-refractivity contribution in [2.45, 2.75) is 62.4 Å². The quantitative estimate of drug-likeness (QED) is 0.360. The minimum Gasteiger partial charge on any atom is -0.497 e. The van der Waals surface area contributed by atoms with Gasteiger partial charge in [-0.15, -0.1) is 0 Å². The molecule has 1 aromatic carbocycles. The molecule has 1 aromatic rings. The van der Waals surface area contributed by atoms with Crippen LogP contribution < -0.4 is 4.74 Å². The third kappa shape index (κ3) is 6.67. The zero-order valence-electron chi connectivity index (χ0n) is 19.2. The second-order valence-corrected chi connectivity index (χ2v) is 9.31. The van der Waals surface area contributed by atoms with Gasteiger partial charge in [-0.3, -0.25) is 19.2 Å². The zero-order chi connectivity index (χ0) is 25.6. The summed E-state index contributed by atoms with van der Waals surface area (Å²) >= 11 is 0. The van der Waals surface area contributed by atoms with Crippen LogP contribution >= 0.6 is 0 Å². The molecule has 2 rings (SSSR count). The lowest BCUT2D eigenvalue weighted by molar-refractivity contribution is -0.238. The van der Waals surface area contributed by atoms with Gasteiger partial charge in [-0.25, -0.2) is 8.42 Å². The van der Waals surface area contributed by atoms with Crippen molar-refractivity contribution in [1.82, 2.24) is 0 Å². The van der Waals surface area contributed by atoms with E-state index in [1.54, 1.807) is 0 Å². The maximum absolute atomic E-state index is 13.5. The van der Waals surface area contributed by atoms with Gasteiger partial charge in [-0.1, -0.05) is 0 Å². The largest absolute Gasteiger partial charge is 0.497 e. The summed E-state index contributed by atoms with van der Waals surface area (Å²) in [6.45, 7) is 3.70. The first-order valence-corrected chi connectivity index (χ1v) is 11.6. The molecule has 1 heterocycles. The number of carbonyl (C=O) groups is 4. The smallest absolute Gasteiger partial charge is 0.303 e. The van der Waals surface area contributed by atoms with E-state index in [0.717, 1.165) is 27.7 Å². The highest BCUT2D eigenvalue weighted by Gasteiger charge is 2.56. The molecular weight excluding hydrogens is 476 g/mol. The van der Waals surface area contributed by atoms with Crippen LogP contribution in [-0.4, -0.2) is 75.9 Å².